The fourth-order valence-corrected chi connectivity index (χ4v) is 6.58. The van der Waals surface area contributed by atoms with E-state index in [9.17, 15) is 24.4 Å². The second kappa shape index (κ2) is 50.1. The third kappa shape index (κ3) is 43.2. The summed E-state index contributed by atoms with van der Waals surface area (Å²) in [5.41, 5.74) is 1.27. The number of carbonyl (C=O) groups excluding carboxylic acids is 4. The number of benzene rings is 3. The van der Waals surface area contributed by atoms with Crippen LogP contribution < -0.4 is 92.1 Å². The quantitative estimate of drug-likeness (QED) is 0.0434. The first kappa shape index (κ1) is 85.3. The van der Waals surface area contributed by atoms with Gasteiger partial charge in [0.15, 0.2) is 0 Å². The van der Waals surface area contributed by atoms with Gasteiger partial charge in [-0.15, -0.1) is 18.5 Å². The molecule has 3 aliphatic heterocycles. The van der Waals surface area contributed by atoms with Crippen LogP contribution >= 0.6 is 0 Å². The molecule has 0 aliphatic carbocycles. The maximum atomic E-state index is 12.1. The van der Waals surface area contributed by atoms with Crippen LogP contribution in [-0.2, 0) is 29.6 Å². The summed E-state index contributed by atoms with van der Waals surface area (Å²) in [6.07, 6.45) is 1.93. The molecule has 1 atom stereocenters. The Labute approximate surface area is 555 Å². The van der Waals surface area contributed by atoms with Crippen molar-refractivity contribution in [2.75, 3.05) is 92.8 Å². The van der Waals surface area contributed by atoms with Gasteiger partial charge in [-0.25, -0.2) is 14.4 Å². The van der Waals surface area contributed by atoms with E-state index in [4.69, 9.17) is 50.5 Å². The average molecular weight is 1200 g/mol. The van der Waals surface area contributed by atoms with E-state index in [0.29, 0.717) is 58.2 Å². The molecule has 0 aromatic heterocycles. The zero-order chi connectivity index (χ0) is 61.7. The Bertz CT molecular complexity index is 2480. The van der Waals surface area contributed by atoms with E-state index in [-0.39, 0.29) is 112 Å². The second-order valence-electron chi connectivity index (χ2n) is 19.3. The van der Waals surface area contributed by atoms with Crippen LogP contribution in [0.3, 0.4) is 0 Å². The minimum atomic E-state index is -3.11. The zero-order valence-electron chi connectivity index (χ0n) is 51.7. The molecule has 23 nitrogen and oxygen atoms in total. The van der Waals surface area contributed by atoms with Crippen LogP contribution in [0.25, 0.3) is 4.95 Å². The third-order valence-corrected chi connectivity index (χ3v) is 9.69. The fraction of sp³-hybridized carbons (Fsp3) is 0.518. The smallest absolute Gasteiger partial charge is 1.00 e. The zero-order valence-corrected chi connectivity index (χ0v) is 56.7. The van der Waals surface area contributed by atoms with Crippen LogP contribution in [0.1, 0.15) is 105 Å². The Balaban J connectivity index is -0.000000228. The molecule has 3 aromatic rings. The summed E-state index contributed by atoms with van der Waals surface area (Å²) in [4.78, 5) is 61.1. The standard InChI is InChI=1S/C17H22N4O2.C17H23N3O2.C9H18N2O2.C7H6O.C2H6O.C2H6.CH2N2.CN.K.Na.O3S.H/c1-17(2,3)23-16(22)21-11-9-20(10-12-21)15(19-13-18)14-7-5-4-6-8-14;1-17(2,3)22-16(21)20-11-9-19(10-12-20)15(13-18)14-7-5-4-6-8-14;1-9(2,3)13-8(12)11-6-4-10-5-7-11;8-6-7-4-2-1-3-5-7;1-3-2;1-2;1-3-2;1-2;;;1-4(2)3;/h4-8H,9-12H2,1-3H3;4-8,15H,9-12H2,1-3H3;10H,4-7H2,1-3H3;1-6H;1-2H3;1-2H3;2H2;;;;;/q;;;;;;;-1;2*+1;;-1. The van der Waals surface area contributed by atoms with Gasteiger partial charge >= 0.3 is 110 Å². The SMILES string of the molecule is CC.CC(C)(C)OC(=O)N1CCN(C(=NC#N)c2ccccc2)CC1.CC(C)(C)OC(=O)N1CCN(C(C#N)c2ccccc2)CC1.CC(C)(C)OC(=O)N1CCNCC1.COC.O=Cc1ccccc1.O=S(=O)=O.[C-]#N.[C-]#[N+]N.[H-].[K+].[Na+]. The number of carbonyl (C=O) groups is 4. The van der Waals surface area contributed by atoms with Crippen molar-refractivity contribution in [3.8, 4) is 12.3 Å². The van der Waals surface area contributed by atoms with E-state index in [1.165, 1.54) is 0 Å². The number of nitrogens with zero attached hydrogens (tertiary/aromatic N) is 10. The van der Waals surface area contributed by atoms with Crippen LogP contribution in [0.15, 0.2) is 96.0 Å². The van der Waals surface area contributed by atoms with Crippen molar-refractivity contribution in [1.82, 2.24) is 29.8 Å². The first-order valence-corrected chi connectivity index (χ1v) is 26.4. The summed E-state index contributed by atoms with van der Waals surface area (Å²) >= 11 is 0. The Morgan fingerprint density at radius 1 is 0.659 bits per heavy atom. The minimum Gasteiger partial charge on any atom is -1.00 e. The van der Waals surface area contributed by atoms with Crippen LogP contribution in [-0.4, -0.2) is 177 Å². The van der Waals surface area contributed by atoms with Gasteiger partial charge < -0.3 is 57.1 Å². The van der Waals surface area contributed by atoms with Gasteiger partial charge in [0.25, 0.3) is 0 Å². The number of nitrogens with one attached hydrogen (secondary N) is 1. The number of nitriles is 2. The van der Waals surface area contributed by atoms with Gasteiger partial charge in [-0.2, -0.15) is 27.0 Å². The van der Waals surface area contributed by atoms with Gasteiger partial charge in [0.2, 0.25) is 6.19 Å². The summed E-state index contributed by atoms with van der Waals surface area (Å²) in [5, 5.41) is 27.8. The molecular weight excluding hydrogens is 1110 g/mol. The van der Waals surface area contributed by atoms with E-state index < -0.39 is 21.8 Å². The van der Waals surface area contributed by atoms with E-state index in [1.807, 2.05) is 166 Å². The number of nitrogens with two attached hydrogens (primary N) is 1. The molecule has 3 saturated heterocycles. The number of amides is 3. The van der Waals surface area contributed by atoms with E-state index >= 15 is 0 Å². The predicted molar refractivity (Wildman–Crippen MR) is 306 cm³/mol. The molecule has 3 fully saturated rings. The molecule has 3 aromatic carbocycles. The normalized spacial score (nSPS) is 13.7. The van der Waals surface area contributed by atoms with Crippen LogP contribution in [0.2, 0.25) is 0 Å². The van der Waals surface area contributed by atoms with Gasteiger partial charge in [0.05, 0.1) is 6.07 Å². The van der Waals surface area contributed by atoms with Gasteiger partial charge in [-0.3, -0.25) is 9.69 Å². The second-order valence-corrected chi connectivity index (χ2v) is 19.7. The number of ether oxygens (including phenoxy) is 4. The van der Waals surface area contributed by atoms with Crippen molar-refractivity contribution in [2.45, 2.75) is 99.0 Å². The topological polar surface area (TPSA) is 299 Å². The van der Waals surface area contributed by atoms with Gasteiger partial charge in [-0.05, 0) is 67.9 Å². The third-order valence-electron chi connectivity index (χ3n) is 9.69. The fourth-order valence-electron chi connectivity index (χ4n) is 6.58. The number of piperazine rings is 3. The molecule has 6 rings (SSSR count). The van der Waals surface area contributed by atoms with Crippen LogP contribution in [0.5, 0.6) is 0 Å². The largest absolute Gasteiger partial charge is 1.00 e. The van der Waals surface area contributed by atoms with Gasteiger partial charge in [0, 0.05) is 104 Å². The maximum Gasteiger partial charge on any atom is 1.00 e. The molecule has 82 heavy (non-hydrogen) atoms. The number of hydrogen-bond acceptors (Lipinski definition) is 18. The van der Waals surface area contributed by atoms with Gasteiger partial charge in [-0.1, -0.05) is 105 Å². The molecule has 3 heterocycles. The molecule has 3 N–H and O–H groups in total. The minimum absolute atomic E-state index is 0. The molecule has 3 aliphatic rings. The Hall–Kier alpha value is -5.49. The first-order chi connectivity index (χ1) is 37.8. The Morgan fingerprint density at radius 3 is 1.27 bits per heavy atom. The summed E-state index contributed by atoms with van der Waals surface area (Å²) in [6.45, 7) is 39.2. The average Bonchev–Trinajstić information content (AvgIpc) is 3.42. The molecular formula is C56H84KN12NaO11S. The molecule has 0 radical (unpaired) electrons. The van der Waals surface area contributed by atoms with E-state index in [2.05, 4.69) is 36.8 Å². The van der Waals surface area contributed by atoms with Crippen molar-refractivity contribution in [2.24, 2.45) is 10.8 Å². The maximum absolute atomic E-state index is 12.1. The summed E-state index contributed by atoms with van der Waals surface area (Å²) in [7, 11) is 0.139. The van der Waals surface area contributed by atoms with Crippen LogP contribution in [0, 0.1) is 41.2 Å². The summed E-state index contributed by atoms with van der Waals surface area (Å²) in [6, 6.07) is 30.6. The number of rotatable bonds is 4. The summed E-state index contributed by atoms with van der Waals surface area (Å²) < 4.78 is 45.6. The molecule has 3 amide bonds. The Kier molecular flexibility index (Phi) is 52.1. The van der Waals surface area contributed by atoms with Crippen LogP contribution in [0.4, 0.5) is 14.4 Å². The number of aldehydes is 1. The van der Waals surface area contributed by atoms with Crippen molar-refractivity contribution < 1.29 is 133 Å². The van der Waals surface area contributed by atoms with Crippen molar-refractivity contribution in [3.63, 3.8) is 0 Å². The molecule has 442 valence electrons. The van der Waals surface area contributed by atoms with E-state index in [1.54, 1.807) is 41.1 Å². The monoisotopic (exact) mass is 1190 g/mol. The number of aliphatic imine (C=N–C) groups is 1. The molecule has 1 unspecified atom stereocenters. The number of amidine groups is 1. The van der Waals surface area contributed by atoms with Crippen molar-refractivity contribution >= 4 is 41.0 Å². The van der Waals surface area contributed by atoms with Crippen molar-refractivity contribution in [1.29, 1.82) is 15.8 Å². The first-order valence-electron chi connectivity index (χ1n) is 25.4. The van der Waals surface area contributed by atoms with Crippen molar-refractivity contribution in [3.05, 3.63) is 126 Å². The predicted octanol–water partition coefficient (Wildman–Crippen LogP) is 1.88. The van der Waals surface area contributed by atoms with E-state index in [0.717, 1.165) is 49.2 Å². The molecule has 0 bridgehead atoms. The molecule has 0 saturated carbocycles. The summed E-state index contributed by atoms with van der Waals surface area (Å²) in [5.74, 6) is 4.79. The molecule has 0 spiro atoms. The number of hydrogen-bond donors (Lipinski definition) is 2. The molecule has 26 heteroatoms. The Morgan fingerprint density at radius 2 is 0.963 bits per heavy atom. The number of methoxy groups -OCH3 is 1. The van der Waals surface area contributed by atoms with Gasteiger partial charge in [0.1, 0.15) is 35.0 Å².